The molecular formula is C19H21ClN2O5. The van der Waals surface area contributed by atoms with Crippen molar-refractivity contribution in [1.82, 2.24) is 0 Å². The van der Waals surface area contributed by atoms with E-state index < -0.39 is 18.0 Å². The number of carbonyl (C=O) groups excluding carboxylic acids is 2. The van der Waals surface area contributed by atoms with Gasteiger partial charge in [-0.25, -0.2) is 4.79 Å². The summed E-state index contributed by atoms with van der Waals surface area (Å²) in [6, 6.07) is 8.11. The predicted octanol–water partition coefficient (Wildman–Crippen LogP) is 3.43. The van der Waals surface area contributed by atoms with E-state index in [9.17, 15) is 9.59 Å². The second kappa shape index (κ2) is 8.64. The number of benzene rings is 2. The Morgan fingerprint density at radius 3 is 2.41 bits per heavy atom. The van der Waals surface area contributed by atoms with Crippen molar-refractivity contribution in [2.75, 3.05) is 25.3 Å². The molecule has 0 aliphatic carbocycles. The molecule has 27 heavy (non-hydrogen) atoms. The molecule has 7 nitrogen and oxygen atoms in total. The fourth-order valence-electron chi connectivity index (χ4n) is 2.33. The summed E-state index contributed by atoms with van der Waals surface area (Å²) in [6.45, 7) is 3.34. The third-order valence-corrected chi connectivity index (χ3v) is 4.13. The van der Waals surface area contributed by atoms with Gasteiger partial charge in [-0.3, -0.25) is 4.79 Å². The predicted molar refractivity (Wildman–Crippen MR) is 104 cm³/mol. The Morgan fingerprint density at radius 1 is 1.11 bits per heavy atom. The van der Waals surface area contributed by atoms with Crippen LogP contribution in [0.4, 0.5) is 11.4 Å². The molecule has 2 rings (SSSR count). The molecule has 0 saturated heterocycles. The summed E-state index contributed by atoms with van der Waals surface area (Å²) in [7, 11) is 2.89. The van der Waals surface area contributed by atoms with Crippen LogP contribution < -0.4 is 20.5 Å². The molecule has 0 aliphatic heterocycles. The Labute approximate surface area is 162 Å². The first kappa shape index (κ1) is 20.4. The Bertz CT molecular complexity index is 869. The molecule has 2 aromatic carbocycles. The second-order valence-electron chi connectivity index (χ2n) is 5.81. The first-order valence-corrected chi connectivity index (χ1v) is 8.44. The minimum Gasteiger partial charge on any atom is -0.496 e. The maximum Gasteiger partial charge on any atom is 0.342 e. The lowest BCUT2D eigenvalue weighted by atomic mass is 10.1. The second-order valence-corrected chi connectivity index (χ2v) is 6.22. The van der Waals surface area contributed by atoms with Gasteiger partial charge in [0.25, 0.3) is 5.91 Å². The van der Waals surface area contributed by atoms with Crippen molar-refractivity contribution in [3.8, 4) is 11.5 Å². The molecule has 0 heterocycles. The Hall–Kier alpha value is -2.93. The lowest BCUT2D eigenvalue weighted by molar-refractivity contribution is -0.123. The zero-order valence-electron chi connectivity index (χ0n) is 15.5. The van der Waals surface area contributed by atoms with Crippen molar-refractivity contribution in [3.63, 3.8) is 0 Å². The van der Waals surface area contributed by atoms with Gasteiger partial charge in [0.1, 0.15) is 17.1 Å². The summed E-state index contributed by atoms with van der Waals surface area (Å²) in [5.74, 6) is -0.560. The number of hydrogen-bond acceptors (Lipinski definition) is 6. The zero-order chi connectivity index (χ0) is 20.1. The monoisotopic (exact) mass is 392 g/mol. The van der Waals surface area contributed by atoms with Crippen molar-refractivity contribution in [2.24, 2.45) is 0 Å². The van der Waals surface area contributed by atoms with E-state index in [0.29, 0.717) is 11.4 Å². The van der Waals surface area contributed by atoms with E-state index in [0.717, 1.165) is 5.56 Å². The minimum atomic E-state index is -1.07. The van der Waals surface area contributed by atoms with Gasteiger partial charge in [0.15, 0.2) is 6.10 Å². The molecule has 0 spiro atoms. The molecule has 0 bridgehead atoms. The summed E-state index contributed by atoms with van der Waals surface area (Å²) in [6.07, 6.45) is -1.07. The number of aryl methyl sites for hydroxylation is 1. The van der Waals surface area contributed by atoms with E-state index in [4.69, 9.17) is 31.5 Å². The SMILES string of the molecule is COc1ccc(C)cc1NC(=O)C(C)OC(=O)c1cc(Cl)c(N)cc1OC. The third kappa shape index (κ3) is 4.83. The van der Waals surface area contributed by atoms with Crippen LogP contribution >= 0.6 is 11.6 Å². The number of nitrogens with two attached hydrogens (primary N) is 1. The summed E-state index contributed by atoms with van der Waals surface area (Å²) in [4.78, 5) is 24.8. The van der Waals surface area contributed by atoms with E-state index in [1.54, 1.807) is 12.1 Å². The molecule has 144 valence electrons. The number of anilines is 2. The van der Waals surface area contributed by atoms with Gasteiger partial charge in [-0.15, -0.1) is 0 Å². The van der Waals surface area contributed by atoms with E-state index in [-0.39, 0.29) is 22.0 Å². The highest BCUT2D eigenvalue weighted by molar-refractivity contribution is 6.33. The summed E-state index contributed by atoms with van der Waals surface area (Å²) in [5.41, 5.74) is 7.47. The zero-order valence-corrected chi connectivity index (χ0v) is 16.2. The van der Waals surface area contributed by atoms with Crippen LogP contribution in [0.2, 0.25) is 5.02 Å². The van der Waals surface area contributed by atoms with Gasteiger partial charge >= 0.3 is 5.97 Å². The number of halogens is 1. The van der Waals surface area contributed by atoms with Crippen LogP contribution in [0.15, 0.2) is 30.3 Å². The number of rotatable bonds is 6. The topological polar surface area (TPSA) is 99.9 Å². The number of nitrogens with one attached hydrogen (secondary N) is 1. The molecule has 3 N–H and O–H groups in total. The maximum atomic E-state index is 12.4. The molecule has 8 heteroatoms. The van der Waals surface area contributed by atoms with Gasteiger partial charge in [0, 0.05) is 6.07 Å². The summed E-state index contributed by atoms with van der Waals surface area (Å²) < 4.78 is 15.6. The first-order valence-electron chi connectivity index (χ1n) is 8.06. The van der Waals surface area contributed by atoms with Gasteiger partial charge in [0.05, 0.1) is 30.6 Å². The number of esters is 1. The minimum absolute atomic E-state index is 0.0736. The van der Waals surface area contributed by atoms with E-state index in [1.807, 2.05) is 13.0 Å². The lowest BCUT2D eigenvalue weighted by Crippen LogP contribution is -2.30. The normalized spacial score (nSPS) is 11.4. The Balaban J connectivity index is 2.14. The third-order valence-electron chi connectivity index (χ3n) is 3.80. The molecule has 0 saturated carbocycles. The van der Waals surface area contributed by atoms with Crippen LogP contribution in [0, 0.1) is 6.92 Å². The van der Waals surface area contributed by atoms with Crippen molar-refractivity contribution in [3.05, 3.63) is 46.5 Å². The molecule has 0 aliphatic rings. The van der Waals surface area contributed by atoms with Crippen LogP contribution in [-0.2, 0) is 9.53 Å². The Morgan fingerprint density at radius 2 is 1.78 bits per heavy atom. The van der Waals surface area contributed by atoms with Crippen LogP contribution in [0.25, 0.3) is 0 Å². The number of hydrogen-bond donors (Lipinski definition) is 2. The van der Waals surface area contributed by atoms with E-state index >= 15 is 0 Å². The highest BCUT2D eigenvalue weighted by atomic mass is 35.5. The van der Waals surface area contributed by atoms with Gasteiger partial charge in [-0.1, -0.05) is 17.7 Å². The number of nitrogen functional groups attached to an aromatic ring is 1. The standard InChI is InChI=1S/C19H21ClN2O5/c1-10-5-6-16(25-3)15(7-10)22-18(23)11(2)27-19(24)12-8-13(20)14(21)9-17(12)26-4/h5-9,11H,21H2,1-4H3,(H,22,23). The maximum absolute atomic E-state index is 12.4. The molecule has 1 unspecified atom stereocenters. The fraction of sp³-hybridized carbons (Fsp3) is 0.263. The number of ether oxygens (including phenoxy) is 3. The highest BCUT2D eigenvalue weighted by Gasteiger charge is 2.23. The average Bonchev–Trinajstić information content (AvgIpc) is 2.63. The van der Waals surface area contributed by atoms with Crippen LogP contribution in [0.5, 0.6) is 11.5 Å². The number of carbonyl (C=O) groups is 2. The number of methoxy groups -OCH3 is 2. The van der Waals surface area contributed by atoms with Crippen molar-refractivity contribution in [2.45, 2.75) is 20.0 Å². The molecule has 1 atom stereocenters. The lowest BCUT2D eigenvalue weighted by Gasteiger charge is -2.16. The van der Waals surface area contributed by atoms with Gasteiger partial charge in [-0.2, -0.15) is 0 Å². The average molecular weight is 393 g/mol. The first-order chi connectivity index (χ1) is 12.8. The fourth-order valence-corrected chi connectivity index (χ4v) is 2.49. The largest absolute Gasteiger partial charge is 0.496 e. The Kier molecular flexibility index (Phi) is 6.52. The van der Waals surface area contributed by atoms with Crippen molar-refractivity contribution >= 4 is 34.9 Å². The van der Waals surface area contributed by atoms with Crippen molar-refractivity contribution < 1.29 is 23.8 Å². The molecule has 2 aromatic rings. The summed E-state index contributed by atoms with van der Waals surface area (Å²) in [5, 5.41) is 2.87. The van der Waals surface area contributed by atoms with Gasteiger partial charge in [0.2, 0.25) is 0 Å². The molecular weight excluding hydrogens is 372 g/mol. The van der Waals surface area contributed by atoms with Crippen LogP contribution in [-0.4, -0.2) is 32.2 Å². The smallest absolute Gasteiger partial charge is 0.342 e. The highest BCUT2D eigenvalue weighted by Crippen LogP contribution is 2.30. The van der Waals surface area contributed by atoms with E-state index in [1.165, 1.54) is 33.3 Å². The summed E-state index contributed by atoms with van der Waals surface area (Å²) >= 11 is 5.96. The number of amides is 1. The van der Waals surface area contributed by atoms with Gasteiger partial charge < -0.3 is 25.3 Å². The van der Waals surface area contributed by atoms with E-state index in [2.05, 4.69) is 5.32 Å². The molecule has 1 amide bonds. The van der Waals surface area contributed by atoms with Crippen LogP contribution in [0.1, 0.15) is 22.8 Å². The molecule has 0 aromatic heterocycles. The molecule has 0 fully saturated rings. The molecule has 0 radical (unpaired) electrons. The van der Waals surface area contributed by atoms with Gasteiger partial charge in [-0.05, 0) is 37.6 Å². The van der Waals surface area contributed by atoms with Crippen LogP contribution in [0.3, 0.4) is 0 Å². The van der Waals surface area contributed by atoms with Crippen molar-refractivity contribution in [1.29, 1.82) is 0 Å². The quantitative estimate of drug-likeness (QED) is 0.577.